The summed E-state index contributed by atoms with van der Waals surface area (Å²) in [6.07, 6.45) is 2.29. The molecule has 2 N–H and O–H groups in total. The summed E-state index contributed by atoms with van der Waals surface area (Å²) >= 11 is 1.48. The summed E-state index contributed by atoms with van der Waals surface area (Å²) in [5.41, 5.74) is -0.229. The van der Waals surface area contributed by atoms with E-state index in [4.69, 9.17) is 5.11 Å². The first kappa shape index (κ1) is 12.5. The first-order valence-electron chi connectivity index (χ1n) is 5.81. The lowest BCUT2D eigenvalue weighted by atomic mass is 9.99. The highest BCUT2D eigenvalue weighted by atomic mass is 32.2. The Kier molecular flexibility index (Phi) is 3.25. The number of hydrogen-bond acceptors (Lipinski definition) is 3. The van der Waals surface area contributed by atoms with Crippen molar-refractivity contribution in [3.8, 4) is 0 Å². The Morgan fingerprint density at radius 2 is 2.06 bits per heavy atom. The summed E-state index contributed by atoms with van der Waals surface area (Å²) < 4.78 is 0. The average Bonchev–Trinajstić information content (AvgIpc) is 2.95. The number of nitrogens with one attached hydrogen (secondary N) is 1. The van der Waals surface area contributed by atoms with Gasteiger partial charge in [-0.05, 0) is 32.6 Å². The van der Waals surface area contributed by atoms with Crippen LogP contribution >= 0.6 is 11.8 Å². The topological polar surface area (TPSA) is 69.6 Å². The van der Waals surface area contributed by atoms with E-state index in [0.29, 0.717) is 17.5 Å². The maximum Gasteiger partial charge on any atom is 0.327 e. The molecule has 0 aromatic heterocycles. The van der Waals surface area contributed by atoms with E-state index >= 15 is 0 Å². The summed E-state index contributed by atoms with van der Waals surface area (Å²) in [6, 6.07) is -0.936. The molecule has 6 heteroatoms. The highest BCUT2D eigenvalue weighted by molar-refractivity contribution is 7.99. The molecule has 0 radical (unpaired) electrons. The van der Waals surface area contributed by atoms with Gasteiger partial charge in [0.15, 0.2) is 0 Å². The Morgan fingerprint density at radius 3 is 2.59 bits per heavy atom. The molecule has 17 heavy (non-hydrogen) atoms. The van der Waals surface area contributed by atoms with Gasteiger partial charge in [-0.2, -0.15) is 0 Å². The molecule has 1 aliphatic carbocycles. The minimum Gasteiger partial charge on any atom is -0.480 e. The molecule has 2 rings (SSSR count). The molecule has 1 heterocycles. The van der Waals surface area contributed by atoms with E-state index in [0.717, 1.165) is 12.8 Å². The van der Waals surface area contributed by atoms with Gasteiger partial charge < -0.3 is 15.3 Å². The third-order valence-corrected chi connectivity index (χ3v) is 4.47. The third kappa shape index (κ3) is 2.68. The lowest BCUT2D eigenvalue weighted by molar-refractivity contribution is -0.140. The Balaban J connectivity index is 1.97. The standard InChI is InChI=1S/C11H18N2O3S/c1-11(2,7-3-4-7)12-10(16)13-6-17-5-8(13)9(14)15/h7-8H,3-6H2,1-2H3,(H,12,16)(H,14,15). The molecule has 2 fully saturated rings. The van der Waals surface area contributed by atoms with Gasteiger partial charge in [-0.1, -0.05) is 0 Å². The zero-order valence-corrected chi connectivity index (χ0v) is 10.9. The maximum atomic E-state index is 12.0. The summed E-state index contributed by atoms with van der Waals surface area (Å²) in [6.45, 7) is 4.00. The number of carboxylic acid groups (broad SMARTS) is 1. The number of carboxylic acids is 1. The number of amides is 2. The maximum absolute atomic E-state index is 12.0. The van der Waals surface area contributed by atoms with E-state index in [1.54, 1.807) is 0 Å². The normalized spacial score (nSPS) is 24.8. The van der Waals surface area contributed by atoms with Gasteiger partial charge in [0.05, 0.1) is 5.88 Å². The van der Waals surface area contributed by atoms with Gasteiger partial charge in [-0.25, -0.2) is 9.59 Å². The molecule has 1 saturated heterocycles. The first-order valence-corrected chi connectivity index (χ1v) is 6.96. The van der Waals surface area contributed by atoms with E-state index < -0.39 is 12.0 Å². The molecule has 1 atom stereocenters. The van der Waals surface area contributed by atoms with Crippen molar-refractivity contribution in [3.63, 3.8) is 0 Å². The number of hydrogen-bond donors (Lipinski definition) is 2. The van der Waals surface area contributed by atoms with E-state index in [-0.39, 0.29) is 11.6 Å². The largest absolute Gasteiger partial charge is 0.480 e. The molecule has 1 aliphatic heterocycles. The molecular formula is C11H18N2O3S. The molecule has 1 saturated carbocycles. The fraction of sp³-hybridized carbons (Fsp3) is 0.818. The zero-order chi connectivity index (χ0) is 12.6. The second-order valence-corrected chi connectivity index (χ2v) is 6.25. The van der Waals surface area contributed by atoms with Crippen molar-refractivity contribution in [2.45, 2.75) is 38.3 Å². The van der Waals surface area contributed by atoms with Gasteiger partial charge in [0.25, 0.3) is 0 Å². The monoisotopic (exact) mass is 258 g/mol. The SMILES string of the molecule is CC(C)(NC(=O)N1CSCC1C(=O)O)C1CC1. The summed E-state index contributed by atoms with van der Waals surface area (Å²) in [4.78, 5) is 24.5. The summed E-state index contributed by atoms with van der Waals surface area (Å²) in [7, 11) is 0. The number of carbonyl (C=O) groups excluding carboxylic acids is 1. The van der Waals surface area contributed by atoms with Crippen molar-refractivity contribution >= 4 is 23.8 Å². The van der Waals surface area contributed by atoms with Crippen molar-refractivity contribution in [1.29, 1.82) is 0 Å². The average molecular weight is 258 g/mol. The van der Waals surface area contributed by atoms with Crippen molar-refractivity contribution in [1.82, 2.24) is 10.2 Å². The number of rotatable bonds is 3. The van der Waals surface area contributed by atoms with Gasteiger partial charge >= 0.3 is 12.0 Å². The number of urea groups is 1. The quantitative estimate of drug-likeness (QED) is 0.801. The second-order valence-electron chi connectivity index (χ2n) is 5.25. The molecular weight excluding hydrogens is 240 g/mol. The van der Waals surface area contributed by atoms with Gasteiger partial charge in [-0.15, -0.1) is 11.8 Å². The zero-order valence-electron chi connectivity index (χ0n) is 10.1. The van der Waals surface area contributed by atoms with Crippen LogP contribution in [0.5, 0.6) is 0 Å². The predicted octanol–water partition coefficient (Wildman–Crippen LogP) is 1.34. The van der Waals surface area contributed by atoms with Crippen LogP contribution in [0.2, 0.25) is 0 Å². The Hall–Kier alpha value is -0.910. The van der Waals surface area contributed by atoms with E-state index in [1.165, 1.54) is 16.7 Å². The number of aliphatic carboxylic acids is 1. The molecule has 2 aliphatic rings. The smallest absolute Gasteiger partial charge is 0.327 e. The lowest BCUT2D eigenvalue weighted by Gasteiger charge is -2.30. The highest BCUT2D eigenvalue weighted by Crippen LogP contribution is 2.39. The van der Waals surface area contributed by atoms with Crippen LogP contribution in [0.4, 0.5) is 4.79 Å². The highest BCUT2D eigenvalue weighted by Gasteiger charge is 2.42. The molecule has 1 unspecified atom stereocenters. The van der Waals surface area contributed by atoms with Crippen LogP contribution in [0.15, 0.2) is 0 Å². The Morgan fingerprint density at radius 1 is 1.41 bits per heavy atom. The Labute approximate surface area is 105 Å². The molecule has 2 amide bonds. The predicted molar refractivity (Wildman–Crippen MR) is 65.9 cm³/mol. The fourth-order valence-electron chi connectivity index (χ4n) is 2.10. The van der Waals surface area contributed by atoms with Gasteiger partial charge in [0.2, 0.25) is 0 Å². The van der Waals surface area contributed by atoms with Crippen LogP contribution < -0.4 is 5.32 Å². The molecule has 0 aromatic rings. The van der Waals surface area contributed by atoms with Crippen molar-refractivity contribution < 1.29 is 14.7 Å². The second kappa shape index (κ2) is 4.40. The molecule has 0 aromatic carbocycles. The van der Waals surface area contributed by atoms with Crippen LogP contribution in [0.3, 0.4) is 0 Å². The first-order chi connectivity index (χ1) is 7.92. The third-order valence-electron chi connectivity index (χ3n) is 3.46. The van der Waals surface area contributed by atoms with Crippen molar-refractivity contribution in [2.75, 3.05) is 11.6 Å². The van der Waals surface area contributed by atoms with Crippen LogP contribution in [0.1, 0.15) is 26.7 Å². The van der Waals surface area contributed by atoms with E-state index in [2.05, 4.69) is 5.32 Å². The summed E-state index contributed by atoms with van der Waals surface area (Å²) in [5.74, 6) is 0.551. The van der Waals surface area contributed by atoms with Crippen molar-refractivity contribution in [3.05, 3.63) is 0 Å². The van der Waals surface area contributed by atoms with Crippen molar-refractivity contribution in [2.24, 2.45) is 5.92 Å². The minimum atomic E-state index is -0.922. The summed E-state index contributed by atoms with van der Waals surface area (Å²) in [5, 5.41) is 12.0. The molecule has 0 bridgehead atoms. The minimum absolute atomic E-state index is 0.229. The van der Waals surface area contributed by atoms with Crippen LogP contribution in [0.25, 0.3) is 0 Å². The molecule has 5 nitrogen and oxygen atoms in total. The fourth-order valence-corrected chi connectivity index (χ4v) is 3.25. The lowest BCUT2D eigenvalue weighted by Crippen LogP contribution is -2.54. The van der Waals surface area contributed by atoms with Crippen LogP contribution in [0, 0.1) is 5.92 Å². The number of thioether (sulfide) groups is 1. The van der Waals surface area contributed by atoms with Crippen LogP contribution in [-0.4, -0.2) is 45.2 Å². The van der Waals surface area contributed by atoms with E-state index in [1.807, 2.05) is 13.8 Å². The van der Waals surface area contributed by atoms with Crippen LogP contribution in [-0.2, 0) is 4.79 Å². The number of nitrogens with zero attached hydrogens (tertiary/aromatic N) is 1. The molecule has 96 valence electrons. The molecule has 0 spiro atoms. The number of carbonyl (C=O) groups is 2. The van der Waals surface area contributed by atoms with E-state index in [9.17, 15) is 9.59 Å². The Bertz CT molecular complexity index is 342. The van der Waals surface area contributed by atoms with Gasteiger partial charge in [-0.3, -0.25) is 0 Å². The van der Waals surface area contributed by atoms with Gasteiger partial charge in [0, 0.05) is 11.3 Å². The van der Waals surface area contributed by atoms with Gasteiger partial charge in [0.1, 0.15) is 6.04 Å².